The number of hydrogen-bond acceptors (Lipinski definition) is 3. The highest BCUT2D eigenvalue weighted by atomic mass is 35.5. The van der Waals surface area contributed by atoms with Gasteiger partial charge in [0.2, 0.25) is 0 Å². The Morgan fingerprint density at radius 3 is 2.82 bits per heavy atom. The first-order valence-corrected chi connectivity index (χ1v) is 5.68. The zero-order valence-corrected chi connectivity index (χ0v) is 10.8. The van der Waals surface area contributed by atoms with Crippen molar-refractivity contribution in [2.24, 2.45) is 5.73 Å². The zero-order chi connectivity index (χ0) is 12.8. The van der Waals surface area contributed by atoms with Gasteiger partial charge in [-0.1, -0.05) is 23.7 Å². The summed E-state index contributed by atoms with van der Waals surface area (Å²) in [7, 11) is 3.19. The lowest BCUT2D eigenvalue weighted by molar-refractivity contribution is -0.140. The molecule has 4 nitrogen and oxygen atoms in total. The van der Waals surface area contributed by atoms with Crippen molar-refractivity contribution in [1.29, 1.82) is 0 Å². The minimum absolute atomic E-state index is 0.130. The molecule has 0 fully saturated rings. The fourth-order valence-electron chi connectivity index (χ4n) is 1.53. The zero-order valence-electron chi connectivity index (χ0n) is 10.0. The summed E-state index contributed by atoms with van der Waals surface area (Å²) in [6.45, 7) is 0.661. The number of benzene rings is 1. The first-order chi connectivity index (χ1) is 8.08. The third kappa shape index (κ3) is 4.00. The summed E-state index contributed by atoms with van der Waals surface area (Å²) in [5.41, 5.74) is 6.42. The SMILES string of the molecule is COC(CN)C(=O)N(C)Cc1cccc(Cl)c1. The number of carbonyl (C=O) groups excluding carboxylic acids is 1. The average Bonchev–Trinajstić information content (AvgIpc) is 2.30. The largest absolute Gasteiger partial charge is 0.370 e. The molecule has 0 aromatic heterocycles. The molecule has 0 heterocycles. The monoisotopic (exact) mass is 256 g/mol. The van der Waals surface area contributed by atoms with Crippen molar-refractivity contribution in [3.05, 3.63) is 34.9 Å². The van der Waals surface area contributed by atoms with Crippen LogP contribution in [0.25, 0.3) is 0 Å². The predicted molar refractivity (Wildman–Crippen MR) is 67.8 cm³/mol. The minimum atomic E-state index is -0.584. The van der Waals surface area contributed by atoms with Crippen LogP contribution in [-0.2, 0) is 16.1 Å². The van der Waals surface area contributed by atoms with Crippen molar-refractivity contribution in [2.75, 3.05) is 20.7 Å². The van der Waals surface area contributed by atoms with E-state index in [-0.39, 0.29) is 12.5 Å². The van der Waals surface area contributed by atoms with Crippen LogP contribution >= 0.6 is 11.6 Å². The lowest BCUT2D eigenvalue weighted by atomic mass is 10.2. The maximum Gasteiger partial charge on any atom is 0.253 e. The first kappa shape index (κ1) is 14.0. The van der Waals surface area contributed by atoms with Crippen LogP contribution in [0.2, 0.25) is 5.02 Å². The molecule has 1 aromatic rings. The van der Waals surface area contributed by atoms with Gasteiger partial charge in [0.25, 0.3) is 5.91 Å². The topological polar surface area (TPSA) is 55.6 Å². The maximum atomic E-state index is 11.9. The van der Waals surface area contributed by atoms with Gasteiger partial charge in [-0.3, -0.25) is 4.79 Å². The molecular weight excluding hydrogens is 240 g/mol. The van der Waals surface area contributed by atoms with E-state index in [1.807, 2.05) is 18.2 Å². The highest BCUT2D eigenvalue weighted by Crippen LogP contribution is 2.12. The molecule has 5 heteroatoms. The van der Waals surface area contributed by atoms with Crippen LogP contribution in [0.15, 0.2) is 24.3 Å². The molecule has 94 valence electrons. The molecule has 1 rings (SSSR count). The molecule has 0 spiro atoms. The molecule has 0 aliphatic heterocycles. The van der Waals surface area contributed by atoms with E-state index in [9.17, 15) is 4.79 Å². The second-order valence-corrected chi connectivity index (χ2v) is 4.22. The lowest BCUT2D eigenvalue weighted by Gasteiger charge is -2.22. The van der Waals surface area contributed by atoms with Gasteiger partial charge in [0.1, 0.15) is 6.10 Å². The van der Waals surface area contributed by atoms with Gasteiger partial charge >= 0.3 is 0 Å². The molecule has 0 radical (unpaired) electrons. The van der Waals surface area contributed by atoms with Crippen LogP contribution in [0, 0.1) is 0 Å². The van der Waals surface area contributed by atoms with Gasteiger partial charge in [-0.25, -0.2) is 0 Å². The van der Waals surface area contributed by atoms with Gasteiger partial charge in [-0.05, 0) is 17.7 Å². The van der Waals surface area contributed by atoms with Crippen molar-refractivity contribution in [2.45, 2.75) is 12.6 Å². The number of hydrogen-bond donors (Lipinski definition) is 1. The van der Waals surface area contributed by atoms with E-state index in [1.54, 1.807) is 18.0 Å². The third-order valence-corrected chi connectivity index (χ3v) is 2.69. The Labute approximate surface area is 106 Å². The van der Waals surface area contributed by atoms with Crippen molar-refractivity contribution in [3.8, 4) is 0 Å². The van der Waals surface area contributed by atoms with E-state index in [4.69, 9.17) is 22.1 Å². The number of likely N-dealkylation sites (N-methyl/N-ethyl adjacent to an activating group) is 1. The molecule has 1 amide bonds. The maximum absolute atomic E-state index is 11.9. The number of methoxy groups -OCH3 is 1. The second-order valence-electron chi connectivity index (χ2n) is 3.78. The van der Waals surface area contributed by atoms with Gasteiger partial charge < -0.3 is 15.4 Å². The molecule has 0 aliphatic carbocycles. The number of halogens is 1. The van der Waals surface area contributed by atoms with Crippen LogP contribution in [0.4, 0.5) is 0 Å². The van der Waals surface area contributed by atoms with E-state index in [1.165, 1.54) is 7.11 Å². The van der Waals surface area contributed by atoms with Crippen molar-refractivity contribution < 1.29 is 9.53 Å². The third-order valence-electron chi connectivity index (χ3n) is 2.46. The fourth-order valence-corrected chi connectivity index (χ4v) is 1.74. The minimum Gasteiger partial charge on any atom is -0.370 e. The average molecular weight is 257 g/mol. The summed E-state index contributed by atoms with van der Waals surface area (Å²) in [4.78, 5) is 13.5. The van der Waals surface area contributed by atoms with Gasteiger partial charge in [0.15, 0.2) is 0 Å². The summed E-state index contributed by atoms with van der Waals surface area (Å²) < 4.78 is 5.00. The molecular formula is C12H17ClN2O2. The molecule has 0 saturated heterocycles. The fraction of sp³-hybridized carbons (Fsp3) is 0.417. The summed E-state index contributed by atoms with van der Waals surface area (Å²) in [5, 5.41) is 0.658. The Bertz CT molecular complexity index is 381. The summed E-state index contributed by atoms with van der Waals surface area (Å²) in [6, 6.07) is 7.40. The highest BCUT2D eigenvalue weighted by molar-refractivity contribution is 6.30. The highest BCUT2D eigenvalue weighted by Gasteiger charge is 2.19. The van der Waals surface area contributed by atoms with Gasteiger partial charge in [-0.2, -0.15) is 0 Å². The Hall–Kier alpha value is -1.10. The summed E-state index contributed by atoms with van der Waals surface area (Å²) in [6.07, 6.45) is -0.584. The summed E-state index contributed by atoms with van der Waals surface area (Å²) >= 11 is 5.88. The van der Waals surface area contributed by atoms with Crippen molar-refractivity contribution in [1.82, 2.24) is 4.90 Å². The normalized spacial score (nSPS) is 12.2. The van der Waals surface area contributed by atoms with Crippen LogP contribution in [0.1, 0.15) is 5.56 Å². The van der Waals surface area contributed by atoms with Crippen LogP contribution < -0.4 is 5.73 Å². The Balaban J connectivity index is 2.65. The molecule has 1 unspecified atom stereocenters. The number of nitrogens with two attached hydrogens (primary N) is 1. The van der Waals surface area contributed by atoms with E-state index >= 15 is 0 Å². The van der Waals surface area contributed by atoms with E-state index < -0.39 is 6.10 Å². The standard InChI is InChI=1S/C12H17ClN2O2/c1-15(12(16)11(7-14)17-2)8-9-4-3-5-10(13)6-9/h3-6,11H,7-8,14H2,1-2H3. The van der Waals surface area contributed by atoms with Crippen LogP contribution in [0.5, 0.6) is 0 Å². The smallest absolute Gasteiger partial charge is 0.253 e. The molecule has 0 aliphatic rings. The summed E-state index contributed by atoms with van der Waals surface area (Å²) in [5.74, 6) is -0.130. The van der Waals surface area contributed by atoms with E-state index in [0.717, 1.165) is 5.56 Å². The van der Waals surface area contributed by atoms with Gasteiger partial charge in [0, 0.05) is 32.3 Å². The van der Waals surface area contributed by atoms with Crippen molar-refractivity contribution in [3.63, 3.8) is 0 Å². The molecule has 0 saturated carbocycles. The molecule has 1 aromatic carbocycles. The second kappa shape index (κ2) is 6.59. The Kier molecular flexibility index (Phi) is 5.41. The van der Waals surface area contributed by atoms with E-state index in [0.29, 0.717) is 11.6 Å². The number of amides is 1. The predicted octanol–water partition coefficient (Wildman–Crippen LogP) is 1.27. The van der Waals surface area contributed by atoms with E-state index in [2.05, 4.69) is 0 Å². The van der Waals surface area contributed by atoms with Gasteiger partial charge in [0.05, 0.1) is 0 Å². The number of rotatable bonds is 5. The molecule has 2 N–H and O–H groups in total. The van der Waals surface area contributed by atoms with Crippen LogP contribution in [-0.4, -0.2) is 37.6 Å². The van der Waals surface area contributed by atoms with Crippen LogP contribution in [0.3, 0.4) is 0 Å². The molecule has 0 bridgehead atoms. The quantitative estimate of drug-likeness (QED) is 0.863. The Morgan fingerprint density at radius 2 is 2.29 bits per heavy atom. The number of ether oxygens (including phenoxy) is 1. The number of carbonyl (C=O) groups is 1. The molecule has 17 heavy (non-hydrogen) atoms. The lowest BCUT2D eigenvalue weighted by Crippen LogP contribution is -2.41. The molecule has 1 atom stereocenters. The first-order valence-electron chi connectivity index (χ1n) is 5.30. The number of nitrogens with zero attached hydrogens (tertiary/aromatic N) is 1. The van der Waals surface area contributed by atoms with Crippen molar-refractivity contribution >= 4 is 17.5 Å². The van der Waals surface area contributed by atoms with Gasteiger partial charge in [-0.15, -0.1) is 0 Å². The Morgan fingerprint density at radius 1 is 1.59 bits per heavy atom.